The van der Waals surface area contributed by atoms with E-state index in [0.29, 0.717) is 130 Å². The molecule has 2 aromatic carbocycles. The van der Waals surface area contributed by atoms with Crippen molar-refractivity contribution in [2.24, 2.45) is 0 Å². The predicted molar refractivity (Wildman–Crippen MR) is 225 cm³/mol. The summed E-state index contributed by atoms with van der Waals surface area (Å²) in [6.07, 6.45) is -7.16. The van der Waals surface area contributed by atoms with Crippen LogP contribution in [0.25, 0.3) is 22.0 Å². The zero-order chi connectivity index (χ0) is 46.4. The number of halogens is 3. The van der Waals surface area contributed by atoms with Crippen LogP contribution in [0.1, 0.15) is 5.56 Å². The minimum Gasteiger partial charge on any atom is -0.440 e. The molecule has 1 fully saturated rings. The number of H-pyrrole nitrogens is 1. The Morgan fingerprint density at radius 2 is 1.09 bits per heavy atom. The predicted octanol–water partition coefficient (Wildman–Crippen LogP) is 3.85. The topological polar surface area (TPSA) is 210 Å². The average molecular weight is 933 g/mol. The number of ether oxygens (including phenoxy) is 13. The molecule has 0 aliphatic carbocycles. The summed E-state index contributed by atoms with van der Waals surface area (Å²) in [5.74, 6) is 0. The maximum absolute atomic E-state index is 13.6. The number of carbonyl (C=O) groups is 2. The Morgan fingerprint density at radius 3 is 1.57 bits per heavy atom. The van der Waals surface area contributed by atoms with Crippen LogP contribution >= 0.6 is 0 Å². The molecule has 1 aliphatic rings. The number of aromatic amines is 1. The number of nitrogens with zero attached hydrogens (tertiary/aromatic N) is 1. The average Bonchev–Trinajstić information content (AvgIpc) is 3.68. The summed E-state index contributed by atoms with van der Waals surface area (Å²) < 4.78 is 110. The van der Waals surface area contributed by atoms with Crippen LogP contribution in [0.15, 0.2) is 53.3 Å². The van der Waals surface area contributed by atoms with Gasteiger partial charge in [-0.15, -0.1) is 0 Å². The summed E-state index contributed by atoms with van der Waals surface area (Å²) >= 11 is 0. The van der Waals surface area contributed by atoms with Gasteiger partial charge in [0.2, 0.25) is 0 Å². The van der Waals surface area contributed by atoms with Gasteiger partial charge in [-0.25, -0.2) is 9.59 Å². The summed E-state index contributed by atoms with van der Waals surface area (Å²) in [6.45, 7) is 7.67. The van der Waals surface area contributed by atoms with Gasteiger partial charge in [0, 0.05) is 22.3 Å². The van der Waals surface area contributed by atoms with Crippen LogP contribution in [-0.2, 0) is 67.8 Å². The number of benzene rings is 2. The zero-order valence-corrected chi connectivity index (χ0v) is 36.2. The Bertz CT molecular complexity index is 1850. The zero-order valence-electron chi connectivity index (χ0n) is 36.2. The first kappa shape index (κ1) is 53.2. The van der Waals surface area contributed by atoms with E-state index in [1.54, 1.807) is 0 Å². The van der Waals surface area contributed by atoms with Gasteiger partial charge < -0.3 is 71.7 Å². The monoisotopic (exact) mass is 932 g/mol. The molecule has 4 rings (SSSR count). The van der Waals surface area contributed by atoms with Gasteiger partial charge in [-0.1, -0.05) is 24.3 Å². The van der Waals surface area contributed by atoms with Gasteiger partial charge in [-0.3, -0.25) is 9.69 Å². The summed E-state index contributed by atoms with van der Waals surface area (Å²) in [7, 11) is 0. The fourth-order valence-corrected chi connectivity index (χ4v) is 5.88. The Kier molecular flexibility index (Phi) is 25.7. The molecule has 0 unspecified atom stereocenters. The molecule has 22 heteroatoms. The molecule has 0 saturated carbocycles. The van der Waals surface area contributed by atoms with E-state index in [9.17, 15) is 27.6 Å². The van der Waals surface area contributed by atoms with Gasteiger partial charge in [0.25, 0.3) is 5.56 Å². The number of rotatable bonds is 36. The minimum absolute atomic E-state index is 0.000491. The molecule has 1 aromatic heterocycles. The molecular formula is C43H59F3N2O17. The Balaban J connectivity index is 0.902. The van der Waals surface area contributed by atoms with Gasteiger partial charge in [0.1, 0.15) is 13.2 Å². The van der Waals surface area contributed by atoms with Crippen molar-refractivity contribution >= 4 is 28.7 Å². The Labute approximate surface area is 374 Å². The second-order valence-electron chi connectivity index (χ2n) is 13.7. The molecule has 2 N–H and O–H groups in total. The van der Waals surface area contributed by atoms with Crippen molar-refractivity contribution in [3.63, 3.8) is 0 Å². The largest absolute Gasteiger partial charge is 0.508 e. The van der Waals surface area contributed by atoms with Crippen LogP contribution in [0, 0.1) is 0 Å². The van der Waals surface area contributed by atoms with Gasteiger partial charge in [0.05, 0.1) is 151 Å². The molecule has 3 aromatic rings. The molecule has 0 bridgehead atoms. The first-order valence-corrected chi connectivity index (χ1v) is 21.2. The highest BCUT2D eigenvalue weighted by Gasteiger charge is 2.35. The second-order valence-corrected chi connectivity index (χ2v) is 13.7. The molecule has 1 atom stereocenters. The van der Waals surface area contributed by atoms with E-state index >= 15 is 0 Å². The van der Waals surface area contributed by atoms with Crippen molar-refractivity contribution in [3.05, 3.63) is 64.4 Å². The molecule has 1 amide bonds. The SMILES string of the molecule is O=C(OCCOCCOCCOCCOCCOCCOCCOCCOCCOCCOCCO)OC[C@@H]1CN(c2ccc3cc(-c4ccccc4C(F)(F)F)[nH]c(=O)c3c2)C(=O)O1. The third-order valence-electron chi connectivity index (χ3n) is 8.96. The lowest BCUT2D eigenvalue weighted by Gasteiger charge is -2.15. The fourth-order valence-electron chi connectivity index (χ4n) is 5.88. The van der Waals surface area contributed by atoms with Crippen LogP contribution in [0.4, 0.5) is 28.4 Å². The van der Waals surface area contributed by atoms with Crippen LogP contribution in [0.2, 0.25) is 0 Å². The van der Waals surface area contributed by atoms with Gasteiger partial charge in [0.15, 0.2) is 6.10 Å². The van der Waals surface area contributed by atoms with E-state index in [1.807, 2.05) is 0 Å². The highest BCUT2D eigenvalue weighted by atomic mass is 19.4. The standard InChI is InChI=1S/C43H59F3N2O17/c44-43(45,46)38-4-2-1-3-36(38)39-29-33-5-6-34(30-37(33)40(50)47-39)48-31-35(65-41(48)51)32-64-42(52)63-28-27-62-26-25-61-24-23-60-22-21-59-20-19-58-18-17-57-16-15-56-14-13-55-12-11-54-10-9-53-8-7-49/h1-6,29-30,35,49H,7-28,31-32H2,(H,47,50)/t35-/m0/s1. The van der Waals surface area contributed by atoms with Gasteiger partial charge in [-0.2, -0.15) is 13.2 Å². The Morgan fingerprint density at radius 1 is 0.631 bits per heavy atom. The van der Waals surface area contributed by atoms with Gasteiger partial charge in [-0.05, 0) is 29.7 Å². The van der Waals surface area contributed by atoms with E-state index in [1.165, 1.54) is 47.4 Å². The summed E-state index contributed by atoms with van der Waals surface area (Å²) in [5.41, 5.74) is -1.38. The van der Waals surface area contributed by atoms with Crippen molar-refractivity contribution in [1.29, 1.82) is 0 Å². The summed E-state index contributed by atoms with van der Waals surface area (Å²) in [6, 6.07) is 10.9. The molecule has 19 nitrogen and oxygen atoms in total. The number of fused-ring (bicyclic) bond motifs is 1. The summed E-state index contributed by atoms with van der Waals surface area (Å²) in [5, 5.41) is 9.12. The molecule has 1 aliphatic heterocycles. The quantitative estimate of drug-likeness (QED) is 0.0627. The maximum Gasteiger partial charge on any atom is 0.508 e. The lowest BCUT2D eigenvalue weighted by molar-refractivity contribution is -0.137. The van der Waals surface area contributed by atoms with Crippen molar-refractivity contribution in [2.75, 3.05) is 163 Å². The maximum atomic E-state index is 13.6. The molecule has 0 spiro atoms. The number of carbonyl (C=O) groups excluding carboxylic acids is 2. The number of nitrogens with one attached hydrogen (secondary N) is 1. The minimum atomic E-state index is -4.62. The molecule has 65 heavy (non-hydrogen) atoms. The first-order valence-electron chi connectivity index (χ1n) is 21.2. The van der Waals surface area contributed by atoms with Crippen molar-refractivity contribution in [1.82, 2.24) is 4.98 Å². The number of cyclic esters (lactones) is 1. The normalized spacial score (nSPS) is 14.1. The highest BCUT2D eigenvalue weighted by molar-refractivity contribution is 5.94. The number of aliphatic hydroxyl groups excluding tert-OH is 1. The molecule has 1 saturated heterocycles. The molecular weight excluding hydrogens is 873 g/mol. The highest BCUT2D eigenvalue weighted by Crippen LogP contribution is 2.37. The number of amides is 1. The molecule has 364 valence electrons. The summed E-state index contributed by atoms with van der Waals surface area (Å²) in [4.78, 5) is 41.4. The van der Waals surface area contributed by atoms with Crippen LogP contribution in [0.3, 0.4) is 0 Å². The van der Waals surface area contributed by atoms with E-state index in [2.05, 4.69) is 4.98 Å². The van der Waals surface area contributed by atoms with E-state index in [0.717, 1.165) is 6.07 Å². The van der Waals surface area contributed by atoms with Gasteiger partial charge >= 0.3 is 18.4 Å². The van der Waals surface area contributed by atoms with E-state index < -0.39 is 35.7 Å². The lowest BCUT2D eigenvalue weighted by Crippen LogP contribution is -2.27. The molecule has 2 heterocycles. The third-order valence-corrected chi connectivity index (χ3v) is 8.96. The number of alkyl halides is 3. The first-order chi connectivity index (χ1) is 31.7. The number of hydrogen-bond donors (Lipinski definition) is 2. The number of hydrogen-bond acceptors (Lipinski definition) is 17. The number of aromatic nitrogens is 1. The number of pyridine rings is 1. The van der Waals surface area contributed by atoms with Crippen LogP contribution in [0.5, 0.6) is 0 Å². The molecule has 0 radical (unpaired) electrons. The second kappa shape index (κ2) is 31.5. The van der Waals surface area contributed by atoms with Crippen molar-refractivity contribution in [3.8, 4) is 11.3 Å². The Hall–Kier alpha value is -4.46. The van der Waals surface area contributed by atoms with E-state index in [4.69, 9.17) is 66.7 Å². The third kappa shape index (κ3) is 21.2. The van der Waals surface area contributed by atoms with Crippen molar-refractivity contribution < 1.29 is 89.4 Å². The van der Waals surface area contributed by atoms with Crippen LogP contribution < -0.4 is 10.5 Å². The van der Waals surface area contributed by atoms with Crippen molar-refractivity contribution in [2.45, 2.75) is 12.3 Å². The van der Waals surface area contributed by atoms with Crippen LogP contribution in [-0.4, -0.2) is 187 Å². The smallest absolute Gasteiger partial charge is 0.440 e. The number of anilines is 1. The lowest BCUT2D eigenvalue weighted by atomic mass is 10.0. The fraction of sp³-hybridized carbons (Fsp3) is 0.605. The number of aliphatic hydroxyl groups is 1. The van der Waals surface area contributed by atoms with E-state index in [-0.39, 0.29) is 56.2 Å².